The molecule has 2 rings (SSSR count). The van der Waals surface area contributed by atoms with Crippen LogP contribution >= 0.6 is 0 Å². The minimum absolute atomic E-state index is 0.0987. The maximum atomic E-state index is 11.7. The van der Waals surface area contributed by atoms with Gasteiger partial charge in [0.25, 0.3) is 0 Å². The van der Waals surface area contributed by atoms with Gasteiger partial charge >= 0.3 is 6.01 Å². The van der Waals surface area contributed by atoms with Gasteiger partial charge in [0.15, 0.2) is 5.82 Å². The third-order valence-electron chi connectivity index (χ3n) is 2.38. The Bertz CT molecular complexity index is 344. The molecule has 1 saturated heterocycles. The molecule has 1 aliphatic heterocycles. The molecule has 15 heavy (non-hydrogen) atoms. The summed E-state index contributed by atoms with van der Waals surface area (Å²) in [5.41, 5.74) is 0. The van der Waals surface area contributed by atoms with E-state index in [1.54, 1.807) is 6.92 Å². The van der Waals surface area contributed by atoms with Crippen LogP contribution in [0.4, 0.5) is 6.01 Å². The predicted molar refractivity (Wildman–Crippen MR) is 53.3 cm³/mol. The topological polar surface area (TPSA) is 80.0 Å². The lowest BCUT2D eigenvalue weighted by Gasteiger charge is -2.21. The molecule has 82 valence electrons. The SMILES string of the molecule is Cc1noc(NC(=O)[C@H]2CCCCN2)n1. The van der Waals surface area contributed by atoms with E-state index in [4.69, 9.17) is 4.52 Å². The van der Waals surface area contributed by atoms with E-state index >= 15 is 0 Å². The maximum absolute atomic E-state index is 11.7. The number of carbonyl (C=O) groups excluding carboxylic acids is 1. The second-order valence-corrected chi connectivity index (χ2v) is 3.64. The monoisotopic (exact) mass is 210 g/mol. The van der Waals surface area contributed by atoms with Crippen molar-refractivity contribution < 1.29 is 9.32 Å². The number of nitrogens with one attached hydrogen (secondary N) is 2. The van der Waals surface area contributed by atoms with Crippen molar-refractivity contribution in [2.75, 3.05) is 11.9 Å². The summed E-state index contributed by atoms with van der Waals surface area (Å²) in [5, 5.41) is 9.33. The van der Waals surface area contributed by atoms with Crippen LogP contribution in [0.2, 0.25) is 0 Å². The normalized spacial score (nSPS) is 21.3. The van der Waals surface area contributed by atoms with Crippen molar-refractivity contribution in [3.05, 3.63) is 5.82 Å². The second kappa shape index (κ2) is 4.39. The van der Waals surface area contributed by atoms with E-state index in [0.29, 0.717) is 5.82 Å². The summed E-state index contributed by atoms with van der Waals surface area (Å²) in [6.07, 6.45) is 3.07. The first kappa shape index (κ1) is 10.1. The van der Waals surface area contributed by atoms with E-state index in [0.717, 1.165) is 25.8 Å². The summed E-state index contributed by atoms with van der Waals surface area (Å²) in [7, 11) is 0. The van der Waals surface area contributed by atoms with E-state index < -0.39 is 0 Å². The summed E-state index contributed by atoms with van der Waals surface area (Å²) in [6.45, 7) is 2.60. The number of hydrogen-bond acceptors (Lipinski definition) is 5. The first-order valence-electron chi connectivity index (χ1n) is 5.10. The first-order chi connectivity index (χ1) is 7.25. The molecule has 1 aliphatic rings. The molecule has 2 N–H and O–H groups in total. The van der Waals surface area contributed by atoms with Gasteiger partial charge in [-0.1, -0.05) is 11.6 Å². The molecule has 0 bridgehead atoms. The number of aryl methyl sites for hydroxylation is 1. The Labute approximate surface area is 87.4 Å². The Kier molecular flexibility index (Phi) is 2.96. The number of rotatable bonds is 2. The van der Waals surface area contributed by atoms with Crippen LogP contribution in [-0.4, -0.2) is 28.6 Å². The molecule has 0 unspecified atom stereocenters. The summed E-state index contributed by atoms with van der Waals surface area (Å²) in [5.74, 6) is 0.417. The third-order valence-corrected chi connectivity index (χ3v) is 2.38. The highest BCUT2D eigenvalue weighted by Crippen LogP contribution is 2.09. The van der Waals surface area contributed by atoms with Crippen molar-refractivity contribution in [2.24, 2.45) is 0 Å². The zero-order valence-electron chi connectivity index (χ0n) is 8.62. The van der Waals surface area contributed by atoms with E-state index in [-0.39, 0.29) is 18.0 Å². The van der Waals surface area contributed by atoms with Crippen LogP contribution in [-0.2, 0) is 4.79 Å². The fourth-order valence-electron chi connectivity index (χ4n) is 1.62. The number of aromatic nitrogens is 2. The van der Waals surface area contributed by atoms with E-state index in [9.17, 15) is 4.79 Å². The fraction of sp³-hybridized carbons (Fsp3) is 0.667. The molecule has 0 spiro atoms. The molecule has 0 aliphatic carbocycles. The van der Waals surface area contributed by atoms with Crippen molar-refractivity contribution in [3.8, 4) is 0 Å². The standard InChI is InChI=1S/C9H14N4O2/c1-6-11-9(15-13-6)12-8(14)7-4-2-3-5-10-7/h7,10H,2-5H2,1H3,(H,11,12,13,14)/t7-/m1/s1. The van der Waals surface area contributed by atoms with Gasteiger partial charge in [0.05, 0.1) is 6.04 Å². The van der Waals surface area contributed by atoms with Gasteiger partial charge in [0, 0.05) is 0 Å². The molecule has 2 heterocycles. The number of amides is 1. The van der Waals surface area contributed by atoms with Gasteiger partial charge < -0.3 is 9.84 Å². The minimum atomic E-state index is -0.133. The molecule has 6 heteroatoms. The van der Waals surface area contributed by atoms with Crippen LogP contribution in [0.1, 0.15) is 25.1 Å². The largest absolute Gasteiger partial charge is 0.328 e. The highest BCUT2D eigenvalue weighted by molar-refractivity contribution is 5.93. The molecule has 0 saturated carbocycles. The van der Waals surface area contributed by atoms with Crippen molar-refractivity contribution in [1.29, 1.82) is 0 Å². The minimum Gasteiger partial charge on any atom is -0.315 e. The first-order valence-corrected chi connectivity index (χ1v) is 5.10. The highest BCUT2D eigenvalue weighted by atomic mass is 16.5. The number of anilines is 1. The molecule has 1 atom stereocenters. The Morgan fingerprint density at radius 2 is 2.47 bits per heavy atom. The van der Waals surface area contributed by atoms with Crippen LogP contribution < -0.4 is 10.6 Å². The van der Waals surface area contributed by atoms with Crippen molar-refractivity contribution in [3.63, 3.8) is 0 Å². The van der Waals surface area contributed by atoms with Gasteiger partial charge in [-0.25, -0.2) is 0 Å². The van der Waals surface area contributed by atoms with Gasteiger partial charge in [0.1, 0.15) is 0 Å². The highest BCUT2D eigenvalue weighted by Gasteiger charge is 2.21. The Balaban J connectivity index is 1.91. The Morgan fingerprint density at radius 3 is 3.07 bits per heavy atom. The van der Waals surface area contributed by atoms with E-state index in [1.807, 2.05) is 0 Å². The van der Waals surface area contributed by atoms with E-state index in [1.165, 1.54) is 0 Å². The fourth-order valence-corrected chi connectivity index (χ4v) is 1.62. The zero-order valence-corrected chi connectivity index (χ0v) is 8.62. The average molecular weight is 210 g/mol. The molecule has 0 radical (unpaired) electrons. The zero-order chi connectivity index (χ0) is 10.7. The second-order valence-electron chi connectivity index (χ2n) is 3.64. The van der Waals surface area contributed by atoms with Crippen LogP contribution in [0.3, 0.4) is 0 Å². The number of nitrogens with zero attached hydrogens (tertiary/aromatic N) is 2. The number of carbonyl (C=O) groups is 1. The molecule has 1 aromatic rings. The summed E-state index contributed by atoms with van der Waals surface area (Å²) >= 11 is 0. The van der Waals surface area contributed by atoms with E-state index in [2.05, 4.69) is 20.8 Å². The van der Waals surface area contributed by atoms with Gasteiger partial charge in [-0.3, -0.25) is 10.1 Å². The summed E-state index contributed by atoms with van der Waals surface area (Å²) < 4.78 is 4.80. The van der Waals surface area contributed by atoms with Gasteiger partial charge in [0.2, 0.25) is 5.91 Å². The maximum Gasteiger partial charge on any atom is 0.328 e. The predicted octanol–water partition coefficient (Wildman–Crippen LogP) is 0.459. The Morgan fingerprint density at radius 1 is 1.60 bits per heavy atom. The van der Waals surface area contributed by atoms with Gasteiger partial charge in [-0.05, 0) is 26.3 Å². The molecular formula is C9H14N4O2. The summed E-state index contributed by atoms with van der Waals surface area (Å²) in [6, 6.07) is 0.0378. The Hall–Kier alpha value is -1.43. The molecule has 1 aromatic heterocycles. The van der Waals surface area contributed by atoms with Crippen molar-refractivity contribution in [1.82, 2.24) is 15.5 Å². The van der Waals surface area contributed by atoms with Crippen LogP contribution in [0.15, 0.2) is 4.52 Å². The third kappa shape index (κ3) is 2.53. The molecule has 0 aromatic carbocycles. The van der Waals surface area contributed by atoms with Gasteiger partial charge in [-0.2, -0.15) is 4.98 Å². The molecule has 1 fully saturated rings. The summed E-state index contributed by atoms with van der Waals surface area (Å²) in [4.78, 5) is 15.6. The van der Waals surface area contributed by atoms with Crippen molar-refractivity contribution in [2.45, 2.75) is 32.2 Å². The smallest absolute Gasteiger partial charge is 0.315 e. The molecular weight excluding hydrogens is 196 g/mol. The molecule has 1 amide bonds. The molecule has 6 nitrogen and oxygen atoms in total. The quantitative estimate of drug-likeness (QED) is 0.741. The van der Waals surface area contributed by atoms with Crippen LogP contribution in [0, 0.1) is 6.92 Å². The van der Waals surface area contributed by atoms with Gasteiger partial charge in [-0.15, -0.1) is 0 Å². The van der Waals surface area contributed by atoms with Crippen molar-refractivity contribution >= 4 is 11.9 Å². The number of piperidine rings is 1. The number of hydrogen-bond donors (Lipinski definition) is 2. The van der Waals surface area contributed by atoms with Crippen LogP contribution in [0.5, 0.6) is 0 Å². The lowest BCUT2D eigenvalue weighted by Crippen LogP contribution is -2.43. The lowest BCUT2D eigenvalue weighted by molar-refractivity contribution is -0.118. The average Bonchev–Trinajstić information content (AvgIpc) is 2.65. The van der Waals surface area contributed by atoms with Crippen LogP contribution in [0.25, 0.3) is 0 Å². The lowest BCUT2D eigenvalue weighted by atomic mass is 10.0.